The summed E-state index contributed by atoms with van der Waals surface area (Å²) in [4.78, 5) is 41.9. The minimum atomic E-state index is -0.853. The van der Waals surface area contributed by atoms with Gasteiger partial charge >= 0.3 is 5.97 Å². The Bertz CT molecular complexity index is 974. The Kier molecular flexibility index (Phi) is 5.92. The molecule has 194 valence electrons. The Balaban J connectivity index is 1.66. The molecule has 2 heterocycles. The van der Waals surface area contributed by atoms with Gasteiger partial charge in [0.1, 0.15) is 5.78 Å². The fourth-order valence-corrected chi connectivity index (χ4v) is 9.97. The number of allylic oxidation sites excluding steroid dienone is 2. The molecule has 0 bridgehead atoms. The molecule has 2 saturated carbocycles. The number of aliphatic carboxylic acids is 1. The maximum atomic E-state index is 13.9. The number of aliphatic hydroxyl groups excluding tert-OH is 1. The number of rotatable bonds is 2. The molecule has 0 radical (unpaired) electrons. The Hall–Kier alpha value is -1.53. The first-order chi connectivity index (χ1) is 16.3. The van der Waals surface area contributed by atoms with Gasteiger partial charge in [-0.15, -0.1) is 0 Å². The molecule has 10 atom stereocenters. The summed E-state index contributed by atoms with van der Waals surface area (Å²) in [5.74, 6) is -0.859. The lowest BCUT2D eigenvalue weighted by Gasteiger charge is -2.71. The number of carboxylic acids is 1. The summed E-state index contributed by atoms with van der Waals surface area (Å²) in [6, 6.07) is 0.457. The van der Waals surface area contributed by atoms with Crippen LogP contribution in [0.1, 0.15) is 86.0 Å². The second kappa shape index (κ2) is 8.24. The number of Topliss-reactive ketones (excluding diaryl/α,β-unsaturated/α-hetero) is 1. The summed E-state index contributed by atoms with van der Waals surface area (Å²) in [6.45, 7) is 11.3. The SMILES string of the molecule is CC1=CC(=O)[C@H]2CC(=O)[C@H]3[C@@](C)(C[C@@H]4N5C[C@H](O)C[C@H](C)C[C@@H]5CC[C@@]4(C)[C@@]3(C)CC(=O)O)[C@@H]2C1. The summed E-state index contributed by atoms with van der Waals surface area (Å²) in [5.41, 5.74) is -0.459. The van der Waals surface area contributed by atoms with Crippen LogP contribution in [0.3, 0.4) is 0 Å². The van der Waals surface area contributed by atoms with Gasteiger partial charge in [0.05, 0.1) is 12.5 Å². The molecule has 2 saturated heterocycles. The Morgan fingerprint density at radius 3 is 2.57 bits per heavy atom. The molecule has 0 aromatic carbocycles. The van der Waals surface area contributed by atoms with Crippen LogP contribution in [0.5, 0.6) is 0 Å². The van der Waals surface area contributed by atoms with E-state index in [0.29, 0.717) is 18.5 Å². The van der Waals surface area contributed by atoms with Gasteiger partial charge in [-0.1, -0.05) is 33.3 Å². The highest BCUT2D eigenvalue weighted by molar-refractivity contribution is 5.98. The largest absolute Gasteiger partial charge is 0.481 e. The number of aliphatic hydroxyl groups is 1. The fourth-order valence-electron chi connectivity index (χ4n) is 9.97. The van der Waals surface area contributed by atoms with Crippen LogP contribution in [-0.4, -0.2) is 57.4 Å². The first kappa shape index (κ1) is 25.1. The van der Waals surface area contributed by atoms with Crippen LogP contribution in [-0.2, 0) is 14.4 Å². The molecule has 0 amide bonds. The van der Waals surface area contributed by atoms with Crippen LogP contribution in [0.25, 0.3) is 0 Å². The normalized spacial score (nSPS) is 50.2. The first-order valence-corrected chi connectivity index (χ1v) is 13.7. The van der Waals surface area contributed by atoms with Crippen molar-refractivity contribution in [3.63, 3.8) is 0 Å². The highest BCUT2D eigenvalue weighted by Gasteiger charge is 2.71. The maximum absolute atomic E-state index is 13.9. The number of fused-ring (bicyclic) bond motifs is 6. The molecule has 2 N–H and O–H groups in total. The van der Waals surface area contributed by atoms with E-state index in [0.717, 1.165) is 44.1 Å². The Morgan fingerprint density at radius 2 is 1.89 bits per heavy atom. The number of hydrogen-bond donors (Lipinski definition) is 2. The average Bonchev–Trinajstić information content (AvgIpc) is 2.87. The van der Waals surface area contributed by atoms with Crippen LogP contribution in [0, 0.1) is 39.9 Å². The molecule has 0 spiro atoms. The van der Waals surface area contributed by atoms with Crippen molar-refractivity contribution < 1.29 is 24.6 Å². The third-order valence-electron chi connectivity index (χ3n) is 11.5. The van der Waals surface area contributed by atoms with Gasteiger partial charge in [-0.2, -0.15) is 0 Å². The van der Waals surface area contributed by atoms with Gasteiger partial charge in [-0.05, 0) is 79.6 Å². The van der Waals surface area contributed by atoms with Crippen molar-refractivity contribution in [3.05, 3.63) is 11.6 Å². The van der Waals surface area contributed by atoms with E-state index >= 15 is 0 Å². The van der Waals surface area contributed by atoms with Crippen LogP contribution in [0.2, 0.25) is 0 Å². The quantitative estimate of drug-likeness (QED) is 0.607. The van der Waals surface area contributed by atoms with Gasteiger partial charge in [0.2, 0.25) is 0 Å². The lowest BCUT2D eigenvalue weighted by Crippen LogP contribution is -2.72. The molecule has 3 aliphatic carbocycles. The molecule has 6 heteroatoms. The predicted octanol–water partition coefficient (Wildman–Crippen LogP) is 4.25. The number of piperidine rings is 1. The van der Waals surface area contributed by atoms with E-state index in [4.69, 9.17) is 0 Å². The van der Waals surface area contributed by atoms with E-state index in [1.54, 1.807) is 6.08 Å². The van der Waals surface area contributed by atoms with Gasteiger partial charge in [0.15, 0.2) is 5.78 Å². The molecular formula is C29H43NO5. The lowest BCUT2D eigenvalue weighted by molar-refractivity contribution is -0.223. The molecule has 0 aromatic rings. The molecule has 6 nitrogen and oxygen atoms in total. The number of nitrogens with zero attached hydrogens (tertiary/aromatic N) is 1. The third kappa shape index (κ3) is 3.60. The van der Waals surface area contributed by atoms with Crippen molar-refractivity contribution in [1.82, 2.24) is 4.90 Å². The van der Waals surface area contributed by atoms with Gasteiger partial charge in [-0.3, -0.25) is 19.3 Å². The van der Waals surface area contributed by atoms with Crippen LogP contribution < -0.4 is 0 Å². The topological polar surface area (TPSA) is 94.9 Å². The highest BCUT2D eigenvalue weighted by atomic mass is 16.4. The van der Waals surface area contributed by atoms with Crippen molar-refractivity contribution in [3.8, 4) is 0 Å². The first-order valence-electron chi connectivity index (χ1n) is 13.7. The number of hydrogen-bond acceptors (Lipinski definition) is 5. The zero-order chi connectivity index (χ0) is 25.5. The summed E-state index contributed by atoms with van der Waals surface area (Å²) in [6.07, 6.45) is 6.84. The van der Waals surface area contributed by atoms with Gasteiger partial charge in [0, 0.05) is 36.9 Å². The minimum absolute atomic E-state index is 0.0381. The molecule has 4 fully saturated rings. The predicted molar refractivity (Wildman–Crippen MR) is 133 cm³/mol. The fraction of sp³-hybridized carbons (Fsp3) is 0.828. The molecule has 2 aliphatic heterocycles. The van der Waals surface area contributed by atoms with E-state index in [2.05, 4.69) is 32.6 Å². The zero-order valence-corrected chi connectivity index (χ0v) is 22.0. The summed E-state index contributed by atoms with van der Waals surface area (Å²) < 4.78 is 0. The molecule has 5 aliphatic rings. The van der Waals surface area contributed by atoms with Crippen molar-refractivity contribution in [2.75, 3.05) is 6.54 Å². The van der Waals surface area contributed by atoms with Crippen molar-refractivity contribution >= 4 is 17.5 Å². The average molecular weight is 486 g/mol. The summed E-state index contributed by atoms with van der Waals surface area (Å²) in [7, 11) is 0. The molecule has 0 unspecified atom stereocenters. The standard InChI is InChI=1S/C29H43NO5/c1-16-8-18-6-7-28(4)24(30(18)15-19(31)9-16)13-27(3)21-10-17(2)11-22(32)20(21)12-23(33)26(27)29(28,5)14-25(34)35/h11,16,18-21,24,26,31H,6-10,12-15H2,1-5H3,(H,34,35)/t16-,18+,19-,20+,21-,24+,26+,27+,28-,29+/m1/s1. The van der Waals surface area contributed by atoms with Gasteiger partial charge in [-0.25, -0.2) is 0 Å². The minimum Gasteiger partial charge on any atom is -0.481 e. The van der Waals surface area contributed by atoms with Gasteiger partial charge < -0.3 is 10.2 Å². The second-order valence-corrected chi connectivity index (χ2v) is 13.7. The van der Waals surface area contributed by atoms with E-state index in [-0.39, 0.29) is 53.6 Å². The van der Waals surface area contributed by atoms with E-state index < -0.39 is 22.9 Å². The smallest absolute Gasteiger partial charge is 0.303 e. The number of carboxylic acid groups (broad SMARTS) is 1. The Morgan fingerprint density at radius 1 is 1.17 bits per heavy atom. The number of carbonyl (C=O) groups excluding carboxylic acids is 2. The molecule has 5 rings (SSSR count). The second-order valence-electron chi connectivity index (χ2n) is 13.7. The summed E-state index contributed by atoms with van der Waals surface area (Å²) >= 11 is 0. The molecule has 0 aromatic heterocycles. The van der Waals surface area contributed by atoms with Crippen molar-refractivity contribution in [2.24, 2.45) is 39.9 Å². The summed E-state index contributed by atoms with van der Waals surface area (Å²) in [5, 5.41) is 21.0. The third-order valence-corrected chi connectivity index (χ3v) is 11.5. The van der Waals surface area contributed by atoms with E-state index in [1.807, 2.05) is 6.92 Å². The van der Waals surface area contributed by atoms with Crippen LogP contribution in [0.4, 0.5) is 0 Å². The van der Waals surface area contributed by atoms with Crippen LogP contribution in [0.15, 0.2) is 11.6 Å². The van der Waals surface area contributed by atoms with Gasteiger partial charge in [0.25, 0.3) is 0 Å². The van der Waals surface area contributed by atoms with Crippen molar-refractivity contribution in [2.45, 2.75) is 104 Å². The van der Waals surface area contributed by atoms with Crippen molar-refractivity contribution in [1.29, 1.82) is 0 Å². The zero-order valence-electron chi connectivity index (χ0n) is 22.0. The monoisotopic (exact) mass is 485 g/mol. The maximum Gasteiger partial charge on any atom is 0.303 e. The molecule has 35 heavy (non-hydrogen) atoms. The van der Waals surface area contributed by atoms with E-state index in [1.165, 1.54) is 0 Å². The highest BCUT2D eigenvalue weighted by Crippen LogP contribution is 2.71. The lowest BCUT2D eigenvalue weighted by atomic mass is 9.36. The van der Waals surface area contributed by atoms with Crippen LogP contribution >= 0.6 is 0 Å². The molecular weight excluding hydrogens is 442 g/mol. The van der Waals surface area contributed by atoms with E-state index in [9.17, 15) is 24.6 Å². The number of carbonyl (C=O) groups is 3. The number of ketones is 2. The Labute approximate surface area is 209 Å².